The summed E-state index contributed by atoms with van der Waals surface area (Å²) in [5.41, 5.74) is 5.87. The molecule has 0 saturated heterocycles. The predicted molar refractivity (Wildman–Crippen MR) is 47.0 cm³/mol. The average molecular weight is 223 g/mol. The lowest BCUT2D eigenvalue weighted by atomic mass is 10.2. The van der Waals surface area contributed by atoms with Gasteiger partial charge in [-0.05, 0) is 0 Å². The summed E-state index contributed by atoms with van der Waals surface area (Å²) < 4.78 is 36.8. The summed E-state index contributed by atoms with van der Waals surface area (Å²) >= 11 is 0. The topological polar surface area (TPSA) is 64.1 Å². The monoisotopic (exact) mass is 223 g/mol. The standard InChI is InChI=1S/C8H12F3N3O/c9-8(10,11)4-14-2-7(13-5-14)1-6(12)3-15/h2,5-6,15H,1,3-4,12H2/t6-/m1/s1. The molecule has 0 saturated carbocycles. The van der Waals surface area contributed by atoms with Crippen LogP contribution in [0.15, 0.2) is 12.5 Å². The minimum atomic E-state index is -4.25. The number of aromatic nitrogens is 2. The van der Waals surface area contributed by atoms with Gasteiger partial charge in [0.15, 0.2) is 0 Å². The number of aliphatic hydroxyl groups is 1. The van der Waals surface area contributed by atoms with Crippen LogP contribution < -0.4 is 5.73 Å². The van der Waals surface area contributed by atoms with Crippen LogP contribution in [0.2, 0.25) is 0 Å². The molecule has 0 amide bonds. The molecule has 0 unspecified atom stereocenters. The maximum atomic E-state index is 12.0. The zero-order valence-electron chi connectivity index (χ0n) is 7.91. The molecule has 1 aromatic heterocycles. The average Bonchev–Trinajstić information content (AvgIpc) is 2.49. The molecule has 86 valence electrons. The van der Waals surface area contributed by atoms with Crippen LogP contribution in [-0.2, 0) is 13.0 Å². The van der Waals surface area contributed by atoms with Crippen LogP contribution in [0.4, 0.5) is 13.2 Å². The van der Waals surface area contributed by atoms with Crippen LogP contribution in [0.5, 0.6) is 0 Å². The summed E-state index contributed by atoms with van der Waals surface area (Å²) in [6, 6.07) is -0.487. The molecule has 1 aromatic rings. The van der Waals surface area contributed by atoms with Gasteiger partial charge in [-0.15, -0.1) is 0 Å². The van der Waals surface area contributed by atoms with Crippen LogP contribution in [0.3, 0.4) is 0 Å². The number of hydrogen-bond acceptors (Lipinski definition) is 3. The molecule has 15 heavy (non-hydrogen) atoms. The molecule has 0 aliphatic rings. The van der Waals surface area contributed by atoms with E-state index in [0.717, 1.165) is 10.9 Å². The van der Waals surface area contributed by atoms with Crippen LogP contribution in [0.25, 0.3) is 0 Å². The zero-order chi connectivity index (χ0) is 11.5. The van der Waals surface area contributed by atoms with Crippen molar-refractivity contribution in [1.82, 2.24) is 9.55 Å². The van der Waals surface area contributed by atoms with Crippen LogP contribution in [-0.4, -0.2) is 33.5 Å². The highest BCUT2D eigenvalue weighted by atomic mass is 19.4. The summed E-state index contributed by atoms with van der Waals surface area (Å²) in [5, 5.41) is 8.65. The fourth-order valence-electron chi connectivity index (χ4n) is 1.14. The molecule has 0 aliphatic carbocycles. The van der Waals surface area contributed by atoms with Crippen molar-refractivity contribution < 1.29 is 18.3 Å². The molecule has 1 rings (SSSR count). The Labute approximate surface area is 84.5 Å². The van der Waals surface area contributed by atoms with Crippen LogP contribution in [0.1, 0.15) is 5.69 Å². The van der Waals surface area contributed by atoms with E-state index in [1.807, 2.05) is 0 Å². The van der Waals surface area contributed by atoms with Gasteiger partial charge in [-0.3, -0.25) is 0 Å². The largest absolute Gasteiger partial charge is 0.406 e. The number of nitrogens with two attached hydrogens (primary N) is 1. The van der Waals surface area contributed by atoms with Crippen molar-refractivity contribution in [2.75, 3.05) is 6.61 Å². The van der Waals surface area contributed by atoms with E-state index in [4.69, 9.17) is 10.8 Å². The van der Waals surface area contributed by atoms with E-state index in [1.165, 1.54) is 6.20 Å². The quantitative estimate of drug-likeness (QED) is 0.772. The van der Waals surface area contributed by atoms with Crippen molar-refractivity contribution in [1.29, 1.82) is 0 Å². The van der Waals surface area contributed by atoms with Crippen molar-refractivity contribution in [3.63, 3.8) is 0 Å². The van der Waals surface area contributed by atoms with Gasteiger partial charge in [0.1, 0.15) is 6.54 Å². The van der Waals surface area contributed by atoms with E-state index in [2.05, 4.69) is 4.98 Å². The van der Waals surface area contributed by atoms with Crippen LogP contribution in [0, 0.1) is 0 Å². The summed E-state index contributed by atoms with van der Waals surface area (Å²) in [7, 11) is 0. The molecule has 0 spiro atoms. The number of nitrogens with zero attached hydrogens (tertiary/aromatic N) is 2. The smallest absolute Gasteiger partial charge is 0.395 e. The van der Waals surface area contributed by atoms with Gasteiger partial charge in [-0.1, -0.05) is 0 Å². The SMILES string of the molecule is N[C@@H](CO)Cc1cn(CC(F)(F)F)cn1. The molecule has 1 atom stereocenters. The first kappa shape index (κ1) is 12.0. The molecular formula is C8H12F3N3O. The van der Waals surface area contributed by atoms with Gasteiger partial charge in [0.05, 0.1) is 18.6 Å². The predicted octanol–water partition coefficient (Wildman–Crippen LogP) is 0.307. The molecule has 0 aromatic carbocycles. The Hall–Kier alpha value is -1.08. The van der Waals surface area contributed by atoms with E-state index in [0.29, 0.717) is 5.69 Å². The van der Waals surface area contributed by atoms with E-state index in [9.17, 15) is 13.2 Å². The first-order chi connectivity index (χ1) is 6.90. The Kier molecular flexibility index (Phi) is 3.70. The van der Waals surface area contributed by atoms with Crippen molar-refractivity contribution in [2.45, 2.75) is 25.2 Å². The molecule has 0 bridgehead atoms. The molecule has 7 heteroatoms. The lowest BCUT2D eigenvalue weighted by Gasteiger charge is -2.06. The highest BCUT2D eigenvalue weighted by molar-refractivity contribution is 4.99. The van der Waals surface area contributed by atoms with E-state index in [-0.39, 0.29) is 13.0 Å². The first-order valence-corrected chi connectivity index (χ1v) is 4.34. The summed E-state index contributed by atoms with van der Waals surface area (Å²) in [4.78, 5) is 3.76. The fourth-order valence-corrected chi connectivity index (χ4v) is 1.14. The molecule has 0 aliphatic heterocycles. The Bertz CT molecular complexity index is 310. The second kappa shape index (κ2) is 4.63. The third-order valence-electron chi connectivity index (χ3n) is 1.75. The van der Waals surface area contributed by atoms with Gasteiger partial charge < -0.3 is 15.4 Å². The number of aliphatic hydroxyl groups excluding tert-OH is 1. The third kappa shape index (κ3) is 4.30. The van der Waals surface area contributed by atoms with Crippen molar-refractivity contribution in [3.8, 4) is 0 Å². The number of rotatable bonds is 4. The van der Waals surface area contributed by atoms with Crippen LogP contribution >= 0.6 is 0 Å². The Balaban J connectivity index is 2.56. The van der Waals surface area contributed by atoms with E-state index in [1.54, 1.807) is 0 Å². The van der Waals surface area contributed by atoms with Crippen molar-refractivity contribution >= 4 is 0 Å². The summed E-state index contributed by atoms with van der Waals surface area (Å²) in [6.45, 7) is -1.28. The van der Waals surface area contributed by atoms with Gasteiger partial charge in [-0.25, -0.2) is 4.98 Å². The number of imidazole rings is 1. The lowest BCUT2D eigenvalue weighted by Crippen LogP contribution is -2.26. The molecule has 4 nitrogen and oxygen atoms in total. The minimum absolute atomic E-state index is 0.216. The Morgan fingerprint density at radius 1 is 1.53 bits per heavy atom. The lowest BCUT2D eigenvalue weighted by molar-refractivity contribution is -0.140. The maximum absolute atomic E-state index is 12.0. The number of halogens is 3. The first-order valence-electron chi connectivity index (χ1n) is 4.34. The van der Waals surface area contributed by atoms with Crippen molar-refractivity contribution in [3.05, 3.63) is 18.2 Å². The molecule has 0 radical (unpaired) electrons. The number of alkyl halides is 3. The van der Waals surface area contributed by atoms with Gasteiger partial charge in [0.25, 0.3) is 0 Å². The van der Waals surface area contributed by atoms with Gasteiger partial charge in [0.2, 0.25) is 0 Å². The molecule has 0 fully saturated rings. The van der Waals surface area contributed by atoms with E-state index < -0.39 is 18.8 Å². The highest BCUT2D eigenvalue weighted by Crippen LogP contribution is 2.17. The fraction of sp³-hybridized carbons (Fsp3) is 0.625. The second-order valence-electron chi connectivity index (χ2n) is 3.30. The van der Waals surface area contributed by atoms with Crippen molar-refractivity contribution in [2.24, 2.45) is 5.73 Å². The van der Waals surface area contributed by atoms with E-state index >= 15 is 0 Å². The Morgan fingerprint density at radius 2 is 2.20 bits per heavy atom. The van der Waals surface area contributed by atoms with Gasteiger partial charge in [-0.2, -0.15) is 13.2 Å². The summed E-state index contributed by atoms with van der Waals surface area (Å²) in [5.74, 6) is 0. The minimum Gasteiger partial charge on any atom is -0.395 e. The zero-order valence-corrected chi connectivity index (χ0v) is 7.91. The maximum Gasteiger partial charge on any atom is 0.406 e. The second-order valence-corrected chi connectivity index (χ2v) is 3.30. The molecule has 3 N–H and O–H groups in total. The highest BCUT2D eigenvalue weighted by Gasteiger charge is 2.27. The molecule has 1 heterocycles. The molecular weight excluding hydrogens is 211 g/mol. The number of hydrogen-bond donors (Lipinski definition) is 2. The normalized spacial score (nSPS) is 14.2. The third-order valence-corrected chi connectivity index (χ3v) is 1.75. The van der Waals surface area contributed by atoms with Gasteiger partial charge in [0, 0.05) is 18.7 Å². The summed E-state index contributed by atoms with van der Waals surface area (Å²) in [6.07, 6.45) is -1.60. The van der Waals surface area contributed by atoms with Gasteiger partial charge >= 0.3 is 6.18 Å². The Morgan fingerprint density at radius 3 is 2.73 bits per heavy atom.